The Bertz CT molecular complexity index is 421. The molecule has 0 fully saturated rings. The van der Waals surface area contributed by atoms with Gasteiger partial charge in [-0.25, -0.2) is 0 Å². The van der Waals surface area contributed by atoms with Gasteiger partial charge < -0.3 is 10.2 Å². The molecule has 84 valence electrons. The Balaban J connectivity index is 2.49. The van der Waals surface area contributed by atoms with Gasteiger partial charge in [-0.2, -0.15) is 5.26 Å². The predicted molar refractivity (Wildman–Crippen MR) is 58.0 cm³/mol. The summed E-state index contributed by atoms with van der Waals surface area (Å²) in [5.41, 5.74) is 1.18. The summed E-state index contributed by atoms with van der Waals surface area (Å²) in [6, 6.07) is 6.71. The normalized spacial score (nSPS) is 9.69. The fraction of sp³-hybridized carbons (Fsp3) is 0.333. The Labute approximate surface area is 93.8 Å². The van der Waals surface area contributed by atoms with Crippen LogP contribution in [0.3, 0.4) is 0 Å². The monoisotopic (exact) mass is 219 g/mol. The highest BCUT2D eigenvalue weighted by Gasteiger charge is 2.03. The lowest BCUT2D eigenvalue weighted by molar-refractivity contribution is -0.137. The number of aryl methyl sites for hydroxylation is 1. The molecule has 0 saturated carbocycles. The molecule has 1 aromatic rings. The van der Waals surface area contributed by atoms with E-state index in [2.05, 4.69) is 0 Å². The number of carbonyl (C=O) groups is 1. The number of phenols is 1. The van der Waals surface area contributed by atoms with E-state index in [-0.39, 0.29) is 12.2 Å². The molecule has 16 heavy (non-hydrogen) atoms. The second-order valence-electron chi connectivity index (χ2n) is 3.56. The lowest BCUT2D eigenvalue weighted by Crippen LogP contribution is -1.95. The van der Waals surface area contributed by atoms with Gasteiger partial charge in [-0.15, -0.1) is 0 Å². The number of aliphatic carboxylic acids is 1. The average molecular weight is 219 g/mol. The van der Waals surface area contributed by atoms with E-state index < -0.39 is 5.97 Å². The van der Waals surface area contributed by atoms with Gasteiger partial charge in [0.15, 0.2) is 0 Å². The van der Waals surface area contributed by atoms with Crippen molar-refractivity contribution in [1.29, 1.82) is 5.26 Å². The number of unbranched alkanes of at least 4 members (excludes halogenated alkanes) is 1. The molecule has 0 bridgehead atoms. The van der Waals surface area contributed by atoms with Gasteiger partial charge in [0.25, 0.3) is 0 Å². The number of phenolic OH excluding ortho intramolecular Hbond substituents is 1. The Morgan fingerprint density at radius 3 is 2.69 bits per heavy atom. The van der Waals surface area contributed by atoms with Crippen LogP contribution in [-0.4, -0.2) is 16.2 Å². The number of nitriles is 1. The van der Waals surface area contributed by atoms with Crippen LogP contribution in [-0.2, 0) is 11.2 Å². The van der Waals surface area contributed by atoms with Crippen molar-refractivity contribution in [2.75, 3.05) is 0 Å². The summed E-state index contributed by atoms with van der Waals surface area (Å²) < 4.78 is 0. The van der Waals surface area contributed by atoms with E-state index in [1.807, 2.05) is 6.07 Å². The van der Waals surface area contributed by atoms with Crippen molar-refractivity contribution in [3.63, 3.8) is 0 Å². The van der Waals surface area contributed by atoms with Gasteiger partial charge in [-0.3, -0.25) is 4.79 Å². The standard InChI is InChI=1S/C12H13NO3/c13-8-9-5-6-10(11(14)7-9)3-1-2-4-12(15)16/h5-7,14H,1-4H2,(H,15,16). The summed E-state index contributed by atoms with van der Waals surface area (Å²) in [7, 11) is 0. The minimum atomic E-state index is -0.802. The van der Waals surface area contributed by atoms with Gasteiger partial charge in [-0.1, -0.05) is 6.07 Å². The van der Waals surface area contributed by atoms with E-state index in [1.165, 1.54) is 6.07 Å². The summed E-state index contributed by atoms with van der Waals surface area (Å²) in [5.74, 6) is -0.696. The van der Waals surface area contributed by atoms with Crippen LogP contribution < -0.4 is 0 Å². The van der Waals surface area contributed by atoms with Crippen LogP contribution in [0.1, 0.15) is 30.4 Å². The fourth-order valence-corrected chi connectivity index (χ4v) is 1.44. The summed E-state index contributed by atoms with van der Waals surface area (Å²) in [6.45, 7) is 0. The van der Waals surface area contributed by atoms with E-state index in [0.29, 0.717) is 24.8 Å². The maximum absolute atomic E-state index is 10.3. The van der Waals surface area contributed by atoms with E-state index in [9.17, 15) is 9.90 Å². The summed E-state index contributed by atoms with van der Waals surface area (Å²) in [5, 5.41) is 26.6. The average Bonchev–Trinajstić information content (AvgIpc) is 2.25. The number of benzene rings is 1. The molecule has 0 amide bonds. The highest BCUT2D eigenvalue weighted by Crippen LogP contribution is 2.20. The van der Waals surface area contributed by atoms with E-state index in [4.69, 9.17) is 10.4 Å². The molecule has 4 nitrogen and oxygen atoms in total. The van der Waals surface area contributed by atoms with Gasteiger partial charge >= 0.3 is 5.97 Å². The van der Waals surface area contributed by atoms with E-state index >= 15 is 0 Å². The smallest absolute Gasteiger partial charge is 0.303 e. The van der Waals surface area contributed by atoms with Crippen LogP contribution in [0.15, 0.2) is 18.2 Å². The highest BCUT2D eigenvalue weighted by molar-refractivity contribution is 5.66. The Morgan fingerprint density at radius 2 is 2.12 bits per heavy atom. The quantitative estimate of drug-likeness (QED) is 0.742. The van der Waals surface area contributed by atoms with Crippen molar-refractivity contribution in [2.45, 2.75) is 25.7 Å². The minimum absolute atomic E-state index is 0.106. The molecule has 4 heteroatoms. The maximum Gasteiger partial charge on any atom is 0.303 e. The first-order chi connectivity index (χ1) is 7.63. The molecule has 0 aromatic heterocycles. The van der Waals surface area contributed by atoms with Crippen molar-refractivity contribution >= 4 is 5.97 Å². The third kappa shape index (κ3) is 3.62. The van der Waals surface area contributed by atoms with E-state index in [0.717, 1.165) is 5.56 Å². The van der Waals surface area contributed by atoms with Crippen molar-refractivity contribution in [3.8, 4) is 11.8 Å². The number of hydrogen-bond donors (Lipinski definition) is 2. The molecule has 0 spiro atoms. The first-order valence-electron chi connectivity index (χ1n) is 5.07. The Morgan fingerprint density at radius 1 is 1.38 bits per heavy atom. The largest absolute Gasteiger partial charge is 0.508 e. The molecule has 2 N–H and O–H groups in total. The van der Waals surface area contributed by atoms with Crippen molar-refractivity contribution in [2.24, 2.45) is 0 Å². The van der Waals surface area contributed by atoms with Gasteiger partial charge in [0, 0.05) is 6.42 Å². The third-order valence-corrected chi connectivity index (χ3v) is 2.30. The molecule has 0 heterocycles. The Hall–Kier alpha value is -2.02. The number of aromatic hydroxyl groups is 1. The number of nitrogens with zero attached hydrogens (tertiary/aromatic N) is 1. The molecule has 0 aliphatic rings. The second-order valence-corrected chi connectivity index (χ2v) is 3.56. The summed E-state index contributed by atoms with van der Waals surface area (Å²) in [4.78, 5) is 10.3. The molecular weight excluding hydrogens is 206 g/mol. The molecule has 0 saturated heterocycles. The summed E-state index contributed by atoms with van der Waals surface area (Å²) in [6.07, 6.45) is 2.09. The van der Waals surface area contributed by atoms with Gasteiger partial charge in [0.1, 0.15) is 5.75 Å². The maximum atomic E-state index is 10.3. The second kappa shape index (κ2) is 5.76. The van der Waals surface area contributed by atoms with Crippen LogP contribution in [0.25, 0.3) is 0 Å². The van der Waals surface area contributed by atoms with Crippen LogP contribution >= 0.6 is 0 Å². The zero-order valence-electron chi connectivity index (χ0n) is 8.81. The van der Waals surface area contributed by atoms with Gasteiger partial charge in [0.05, 0.1) is 11.6 Å². The Kier molecular flexibility index (Phi) is 4.34. The minimum Gasteiger partial charge on any atom is -0.508 e. The number of rotatable bonds is 5. The SMILES string of the molecule is N#Cc1ccc(CCCCC(=O)O)c(O)c1. The van der Waals surface area contributed by atoms with Gasteiger partial charge in [0.2, 0.25) is 0 Å². The van der Waals surface area contributed by atoms with Crippen LogP contribution in [0.5, 0.6) is 5.75 Å². The fourth-order valence-electron chi connectivity index (χ4n) is 1.44. The topological polar surface area (TPSA) is 81.3 Å². The number of carboxylic acid groups (broad SMARTS) is 1. The van der Waals surface area contributed by atoms with Gasteiger partial charge in [-0.05, 0) is 37.0 Å². The lowest BCUT2D eigenvalue weighted by Gasteiger charge is -2.03. The third-order valence-electron chi connectivity index (χ3n) is 2.30. The molecule has 1 aromatic carbocycles. The number of hydrogen-bond acceptors (Lipinski definition) is 3. The van der Waals surface area contributed by atoms with Crippen LogP contribution in [0, 0.1) is 11.3 Å². The van der Waals surface area contributed by atoms with Crippen molar-refractivity contribution in [1.82, 2.24) is 0 Å². The zero-order chi connectivity index (χ0) is 12.0. The molecule has 0 aliphatic heterocycles. The van der Waals surface area contributed by atoms with Crippen LogP contribution in [0.2, 0.25) is 0 Å². The van der Waals surface area contributed by atoms with Crippen molar-refractivity contribution in [3.05, 3.63) is 29.3 Å². The molecule has 0 radical (unpaired) electrons. The number of carboxylic acids is 1. The molecule has 1 rings (SSSR count). The zero-order valence-corrected chi connectivity index (χ0v) is 8.81. The van der Waals surface area contributed by atoms with Crippen molar-refractivity contribution < 1.29 is 15.0 Å². The van der Waals surface area contributed by atoms with E-state index in [1.54, 1.807) is 12.1 Å². The molecule has 0 aliphatic carbocycles. The first kappa shape index (κ1) is 12.1. The molecule has 0 unspecified atom stereocenters. The first-order valence-corrected chi connectivity index (χ1v) is 5.07. The lowest BCUT2D eigenvalue weighted by atomic mass is 10.0. The highest BCUT2D eigenvalue weighted by atomic mass is 16.4. The predicted octanol–water partition coefficient (Wildman–Crippen LogP) is 2.06. The van der Waals surface area contributed by atoms with Crippen LogP contribution in [0.4, 0.5) is 0 Å². The molecule has 0 atom stereocenters. The molecular formula is C12H13NO3. The summed E-state index contributed by atoms with van der Waals surface area (Å²) >= 11 is 0.